The van der Waals surface area contributed by atoms with E-state index in [0.29, 0.717) is 18.2 Å². The Labute approximate surface area is 112 Å². The summed E-state index contributed by atoms with van der Waals surface area (Å²) in [6.45, 7) is 3.00. The number of nitrogens with one attached hydrogen (secondary N) is 1. The van der Waals surface area contributed by atoms with Gasteiger partial charge in [-0.2, -0.15) is 0 Å². The van der Waals surface area contributed by atoms with Crippen LogP contribution >= 0.6 is 0 Å². The van der Waals surface area contributed by atoms with E-state index in [9.17, 15) is 9.90 Å². The predicted molar refractivity (Wildman–Crippen MR) is 68.9 cm³/mol. The third-order valence-corrected chi connectivity index (χ3v) is 4.21. The van der Waals surface area contributed by atoms with Crippen LogP contribution in [0.5, 0.6) is 0 Å². The maximum absolute atomic E-state index is 11.2. The van der Waals surface area contributed by atoms with Crippen LogP contribution in [0.2, 0.25) is 0 Å². The van der Waals surface area contributed by atoms with Crippen molar-refractivity contribution in [2.75, 3.05) is 13.1 Å². The van der Waals surface area contributed by atoms with E-state index in [1.165, 1.54) is 12.8 Å². The molecule has 2 aliphatic heterocycles. The average molecular weight is 264 g/mol. The number of carbonyl (C=O) groups is 1. The monoisotopic (exact) mass is 264 g/mol. The molecular weight excluding hydrogens is 244 g/mol. The standard InChI is InChI=1S/C13H20N4O2/c18-13(19)10-4-2-6-17-11(15-16-12(10)17)7-9-3-1-5-14-8-9/h9-10,14H,1-8H2,(H,18,19). The Morgan fingerprint density at radius 2 is 2.26 bits per heavy atom. The first kappa shape index (κ1) is 12.6. The van der Waals surface area contributed by atoms with Crippen molar-refractivity contribution in [3.05, 3.63) is 11.6 Å². The molecule has 2 aliphatic rings. The molecule has 1 aromatic rings. The van der Waals surface area contributed by atoms with Crippen LogP contribution in [0.25, 0.3) is 0 Å². The number of aromatic nitrogens is 3. The van der Waals surface area contributed by atoms with Crippen molar-refractivity contribution < 1.29 is 9.90 Å². The van der Waals surface area contributed by atoms with Crippen LogP contribution in [-0.2, 0) is 17.8 Å². The molecule has 19 heavy (non-hydrogen) atoms. The molecule has 6 nitrogen and oxygen atoms in total. The molecule has 2 N–H and O–H groups in total. The number of rotatable bonds is 3. The maximum Gasteiger partial charge on any atom is 0.314 e. The summed E-state index contributed by atoms with van der Waals surface area (Å²) in [5.74, 6) is 0.970. The molecule has 3 rings (SSSR count). The van der Waals surface area contributed by atoms with E-state index in [-0.39, 0.29) is 0 Å². The lowest BCUT2D eigenvalue weighted by Crippen LogP contribution is -2.32. The molecule has 0 radical (unpaired) electrons. The van der Waals surface area contributed by atoms with E-state index >= 15 is 0 Å². The van der Waals surface area contributed by atoms with Crippen molar-refractivity contribution in [1.82, 2.24) is 20.1 Å². The van der Waals surface area contributed by atoms with Gasteiger partial charge in [0.2, 0.25) is 0 Å². The Morgan fingerprint density at radius 1 is 1.37 bits per heavy atom. The van der Waals surface area contributed by atoms with Crippen molar-refractivity contribution in [2.24, 2.45) is 5.92 Å². The van der Waals surface area contributed by atoms with Crippen LogP contribution in [0.1, 0.15) is 43.3 Å². The smallest absolute Gasteiger partial charge is 0.314 e. The summed E-state index contributed by atoms with van der Waals surface area (Å²) in [6, 6.07) is 0. The highest BCUT2D eigenvalue weighted by Gasteiger charge is 2.31. The number of nitrogens with zero attached hydrogens (tertiary/aromatic N) is 3. The molecule has 1 saturated heterocycles. The third kappa shape index (κ3) is 2.49. The molecule has 0 aliphatic carbocycles. The van der Waals surface area contributed by atoms with Gasteiger partial charge in [-0.05, 0) is 44.7 Å². The summed E-state index contributed by atoms with van der Waals surface area (Å²) in [7, 11) is 0. The van der Waals surface area contributed by atoms with E-state index in [0.717, 1.165) is 38.3 Å². The molecule has 0 aromatic carbocycles. The fourth-order valence-electron chi connectivity index (χ4n) is 3.17. The molecule has 0 bridgehead atoms. The zero-order chi connectivity index (χ0) is 13.2. The highest BCUT2D eigenvalue weighted by Crippen LogP contribution is 2.27. The highest BCUT2D eigenvalue weighted by molar-refractivity contribution is 5.75. The van der Waals surface area contributed by atoms with Crippen molar-refractivity contribution in [2.45, 2.75) is 44.6 Å². The molecule has 0 spiro atoms. The number of carboxylic acid groups (broad SMARTS) is 1. The molecule has 0 amide bonds. The topological polar surface area (TPSA) is 80.0 Å². The summed E-state index contributed by atoms with van der Waals surface area (Å²) in [6.07, 6.45) is 4.92. The normalized spacial score (nSPS) is 26.9. The van der Waals surface area contributed by atoms with Crippen LogP contribution in [0.15, 0.2) is 0 Å². The highest BCUT2D eigenvalue weighted by atomic mass is 16.4. The minimum absolute atomic E-state index is 0.473. The lowest BCUT2D eigenvalue weighted by molar-refractivity contribution is -0.139. The van der Waals surface area contributed by atoms with Crippen molar-refractivity contribution in [3.8, 4) is 0 Å². The third-order valence-electron chi connectivity index (χ3n) is 4.21. The van der Waals surface area contributed by atoms with Gasteiger partial charge in [0, 0.05) is 13.0 Å². The molecule has 1 fully saturated rings. The molecule has 6 heteroatoms. The predicted octanol–water partition coefficient (Wildman–Crippen LogP) is 0.782. The summed E-state index contributed by atoms with van der Waals surface area (Å²) < 4.78 is 2.04. The first-order valence-electron chi connectivity index (χ1n) is 7.11. The van der Waals surface area contributed by atoms with Gasteiger partial charge in [-0.3, -0.25) is 4.79 Å². The minimum atomic E-state index is -0.778. The maximum atomic E-state index is 11.2. The molecular formula is C13H20N4O2. The molecule has 3 heterocycles. The number of fused-ring (bicyclic) bond motifs is 1. The number of hydrogen-bond acceptors (Lipinski definition) is 4. The molecule has 1 aromatic heterocycles. The summed E-state index contributed by atoms with van der Waals surface area (Å²) in [5, 5.41) is 21.0. The number of piperidine rings is 1. The quantitative estimate of drug-likeness (QED) is 0.843. The Balaban J connectivity index is 1.78. The van der Waals surface area contributed by atoms with E-state index in [4.69, 9.17) is 0 Å². The van der Waals surface area contributed by atoms with Crippen molar-refractivity contribution in [1.29, 1.82) is 0 Å². The number of hydrogen-bond donors (Lipinski definition) is 2. The average Bonchev–Trinajstić information content (AvgIpc) is 2.83. The zero-order valence-corrected chi connectivity index (χ0v) is 11.0. The second kappa shape index (κ2) is 5.28. The zero-order valence-electron chi connectivity index (χ0n) is 11.0. The van der Waals surface area contributed by atoms with E-state index in [2.05, 4.69) is 15.5 Å². The first-order valence-corrected chi connectivity index (χ1v) is 7.11. The Morgan fingerprint density at radius 3 is 3.00 bits per heavy atom. The molecule has 104 valence electrons. The van der Waals surface area contributed by atoms with Gasteiger partial charge >= 0.3 is 5.97 Å². The lowest BCUT2D eigenvalue weighted by Gasteiger charge is -2.24. The largest absolute Gasteiger partial charge is 0.481 e. The Kier molecular flexibility index (Phi) is 3.50. The van der Waals surface area contributed by atoms with Crippen LogP contribution in [0, 0.1) is 5.92 Å². The molecule has 2 unspecified atom stereocenters. The molecule has 2 atom stereocenters. The summed E-state index contributed by atoms with van der Waals surface area (Å²) >= 11 is 0. The van der Waals surface area contributed by atoms with E-state index in [1.807, 2.05) is 4.57 Å². The van der Waals surface area contributed by atoms with E-state index < -0.39 is 11.9 Å². The lowest BCUT2D eigenvalue weighted by atomic mass is 9.95. The van der Waals surface area contributed by atoms with Gasteiger partial charge in [-0.1, -0.05) is 0 Å². The van der Waals surface area contributed by atoms with Crippen LogP contribution in [-0.4, -0.2) is 38.9 Å². The second-order valence-electron chi connectivity index (χ2n) is 5.58. The van der Waals surface area contributed by atoms with Crippen LogP contribution in [0.3, 0.4) is 0 Å². The van der Waals surface area contributed by atoms with Gasteiger partial charge in [0.05, 0.1) is 0 Å². The summed E-state index contributed by atoms with van der Waals surface area (Å²) in [4.78, 5) is 11.2. The van der Waals surface area contributed by atoms with Crippen LogP contribution in [0.4, 0.5) is 0 Å². The summed E-state index contributed by atoms with van der Waals surface area (Å²) in [5.41, 5.74) is 0. The van der Waals surface area contributed by atoms with Crippen molar-refractivity contribution >= 4 is 5.97 Å². The Hall–Kier alpha value is -1.43. The van der Waals surface area contributed by atoms with Gasteiger partial charge in [0.1, 0.15) is 17.6 Å². The van der Waals surface area contributed by atoms with Gasteiger partial charge in [0.15, 0.2) is 0 Å². The van der Waals surface area contributed by atoms with Gasteiger partial charge < -0.3 is 15.0 Å². The van der Waals surface area contributed by atoms with Crippen LogP contribution < -0.4 is 5.32 Å². The first-order chi connectivity index (χ1) is 9.25. The number of carboxylic acids is 1. The molecule has 0 saturated carbocycles. The second-order valence-corrected chi connectivity index (χ2v) is 5.58. The fraction of sp³-hybridized carbons (Fsp3) is 0.769. The minimum Gasteiger partial charge on any atom is -0.481 e. The Bertz CT molecular complexity index is 465. The van der Waals surface area contributed by atoms with Crippen molar-refractivity contribution in [3.63, 3.8) is 0 Å². The van der Waals surface area contributed by atoms with Gasteiger partial charge in [-0.15, -0.1) is 10.2 Å². The van der Waals surface area contributed by atoms with E-state index in [1.54, 1.807) is 0 Å². The fourth-order valence-corrected chi connectivity index (χ4v) is 3.17. The van der Waals surface area contributed by atoms with Gasteiger partial charge in [-0.25, -0.2) is 0 Å². The number of aliphatic carboxylic acids is 1. The SMILES string of the molecule is O=C(O)C1CCCn2c(CC3CCCNC3)nnc21. The van der Waals surface area contributed by atoms with Gasteiger partial charge in [0.25, 0.3) is 0 Å².